The Hall–Kier alpha value is -2.47. The molecular formula is C19H24F2N3O+. The summed E-state index contributed by atoms with van der Waals surface area (Å²) in [6, 6.07) is 11.1. The van der Waals surface area contributed by atoms with E-state index in [1.54, 1.807) is 12.2 Å². The predicted molar refractivity (Wildman–Crippen MR) is 94.2 cm³/mol. The largest absolute Gasteiger partial charge is 0.378 e. The summed E-state index contributed by atoms with van der Waals surface area (Å²) in [5, 5.41) is 4.56. The van der Waals surface area contributed by atoms with Crippen LogP contribution in [0, 0.1) is 11.6 Å². The molecule has 25 heavy (non-hydrogen) atoms. The first-order chi connectivity index (χ1) is 11.9. The summed E-state index contributed by atoms with van der Waals surface area (Å²) in [7, 11) is 3.94. The van der Waals surface area contributed by atoms with Crippen LogP contribution in [-0.4, -0.2) is 26.5 Å². The monoisotopic (exact) mass is 348 g/mol. The van der Waals surface area contributed by atoms with Gasteiger partial charge in [0.15, 0.2) is 6.54 Å². The van der Waals surface area contributed by atoms with E-state index in [1.165, 1.54) is 12.1 Å². The van der Waals surface area contributed by atoms with E-state index in [4.69, 9.17) is 0 Å². The number of nitrogens with zero attached hydrogens (tertiary/aromatic N) is 1. The first-order valence-electron chi connectivity index (χ1n) is 8.18. The Morgan fingerprint density at radius 2 is 1.84 bits per heavy atom. The highest BCUT2D eigenvalue weighted by atomic mass is 19.1. The van der Waals surface area contributed by atoms with E-state index in [9.17, 15) is 13.6 Å². The zero-order chi connectivity index (χ0) is 18.4. The molecule has 134 valence electrons. The smallest absolute Gasteiger partial charge is 0.275 e. The van der Waals surface area contributed by atoms with Crippen molar-refractivity contribution in [3.63, 3.8) is 0 Å². The normalized spacial score (nSPS) is 11.9. The fourth-order valence-electron chi connectivity index (χ4n) is 2.47. The van der Waals surface area contributed by atoms with Crippen molar-refractivity contribution in [3.8, 4) is 0 Å². The Morgan fingerprint density at radius 3 is 2.44 bits per heavy atom. The number of quaternary nitrogens is 1. The Kier molecular flexibility index (Phi) is 6.47. The van der Waals surface area contributed by atoms with Crippen LogP contribution in [0.15, 0.2) is 42.5 Å². The summed E-state index contributed by atoms with van der Waals surface area (Å²) in [4.78, 5) is 14.0. The van der Waals surface area contributed by atoms with Gasteiger partial charge in [-0.05, 0) is 36.8 Å². The zero-order valence-electron chi connectivity index (χ0n) is 14.7. The van der Waals surface area contributed by atoms with Crippen LogP contribution < -0.4 is 15.5 Å². The molecule has 0 spiro atoms. The van der Waals surface area contributed by atoms with Crippen molar-refractivity contribution >= 4 is 11.6 Å². The highest BCUT2D eigenvalue weighted by Crippen LogP contribution is 2.14. The molecule has 0 saturated heterocycles. The number of nitrogens with one attached hydrogen (secondary N) is 1. The molecule has 0 aliphatic heterocycles. The van der Waals surface area contributed by atoms with Crippen molar-refractivity contribution in [2.24, 2.45) is 0 Å². The second kappa shape index (κ2) is 8.58. The summed E-state index contributed by atoms with van der Waals surface area (Å²) in [6.07, 6.45) is 0. The molecule has 0 radical (unpaired) electrons. The summed E-state index contributed by atoms with van der Waals surface area (Å²) >= 11 is 0. The van der Waals surface area contributed by atoms with Gasteiger partial charge in [-0.25, -0.2) is 8.78 Å². The van der Waals surface area contributed by atoms with Crippen molar-refractivity contribution in [1.82, 2.24) is 5.32 Å². The van der Waals surface area contributed by atoms with Crippen molar-refractivity contribution < 1.29 is 18.9 Å². The minimum Gasteiger partial charge on any atom is -0.378 e. The van der Waals surface area contributed by atoms with Crippen molar-refractivity contribution in [2.75, 3.05) is 25.5 Å². The van der Waals surface area contributed by atoms with Gasteiger partial charge in [0, 0.05) is 38.0 Å². The molecule has 0 aromatic heterocycles. The van der Waals surface area contributed by atoms with Gasteiger partial charge in [-0.3, -0.25) is 4.79 Å². The minimum absolute atomic E-state index is 0.133. The Bertz CT molecular complexity index is 717. The molecular weight excluding hydrogens is 324 g/mol. The predicted octanol–water partition coefficient (Wildman–Crippen LogP) is 1.97. The first kappa shape index (κ1) is 18.9. The summed E-state index contributed by atoms with van der Waals surface area (Å²) < 4.78 is 26.7. The highest BCUT2D eigenvalue weighted by Gasteiger charge is 2.16. The number of carbonyl (C=O) groups excluding carboxylic acids is 1. The number of rotatable bonds is 7. The number of hydrogen-bond donors (Lipinski definition) is 2. The van der Waals surface area contributed by atoms with Gasteiger partial charge >= 0.3 is 0 Å². The molecule has 0 bridgehead atoms. The van der Waals surface area contributed by atoms with Crippen molar-refractivity contribution in [3.05, 3.63) is 65.2 Å². The van der Waals surface area contributed by atoms with Gasteiger partial charge in [0.1, 0.15) is 17.7 Å². The summed E-state index contributed by atoms with van der Waals surface area (Å²) in [5.41, 5.74) is 2.49. The van der Waals surface area contributed by atoms with Crippen LogP contribution >= 0.6 is 0 Å². The van der Waals surface area contributed by atoms with E-state index >= 15 is 0 Å². The fraction of sp³-hybridized carbons (Fsp3) is 0.316. The van der Waals surface area contributed by atoms with Crippen LogP contribution in [0.25, 0.3) is 0 Å². The van der Waals surface area contributed by atoms with Gasteiger partial charge in [-0.2, -0.15) is 0 Å². The maximum absolute atomic E-state index is 13.7. The number of halogens is 2. The van der Waals surface area contributed by atoms with Crippen molar-refractivity contribution in [2.45, 2.75) is 19.5 Å². The second-order valence-electron chi connectivity index (χ2n) is 6.23. The zero-order valence-corrected chi connectivity index (χ0v) is 14.7. The van der Waals surface area contributed by atoms with Crippen LogP contribution in [0.1, 0.15) is 24.1 Å². The molecule has 2 aromatic rings. The number of nitrogens with two attached hydrogens (primary N) is 1. The molecule has 6 heteroatoms. The second-order valence-corrected chi connectivity index (χ2v) is 6.23. The third-order valence-electron chi connectivity index (χ3n) is 4.05. The maximum Gasteiger partial charge on any atom is 0.275 e. The molecule has 1 amide bonds. The van der Waals surface area contributed by atoms with Gasteiger partial charge in [-0.1, -0.05) is 12.1 Å². The molecule has 1 atom stereocenters. The SMILES string of the molecule is C[C@H]([NH2+]CC(=O)NCc1ccc(N(C)C)cc1)c1ccc(F)cc1F. The van der Waals surface area contributed by atoms with Crippen LogP contribution in [0.3, 0.4) is 0 Å². The molecule has 0 saturated carbocycles. The lowest BCUT2D eigenvalue weighted by Crippen LogP contribution is -2.87. The number of carbonyl (C=O) groups is 1. The van der Waals surface area contributed by atoms with Gasteiger partial charge < -0.3 is 15.5 Å². The van der Waals surface area contributed by atoms with Gasteiger partial charge in [0.05, 0.1) is 0 Å². The number of benzene rings is 2. The van der Waals surface area contributed by atoms with Crippen molar-refractivity contribution in [1.29, 1.82) is 0 Å². The standard InChI is InChI=1S/C19H23F2N3O/c1-13(17-9-6-15(20)10-18(17)21)22-12-19(25)23-11-14-4-7-16(8-5-14)24(2)3/h4-10,13,22H,11-12H2,1-3H3,(H,23,25)/p+1/t13-/m0/s1. The lowest BCUT2D eigenvalue weighted by atomic mass is 10.1. The van der Waals surface area contributed by atoms with Crippen LogP contribution in [-0.2, 0) is 11.3 Å². The molecule has 2 rings (SSSR count). The Balaban J connectivity index is 1.80. The third-order valence-corrected chi connectivity index (χ3v) is 4.05. The molecule has 0 heterocycles. The van der Waals surface area contributed by atoms with E-state index in [-0.39, 0.29) is 18.5 Å². The van der Waals surface area contributed by atoms with Crippen LogP contribution in [0.2, 0.25) is 0 Å². The third kappa shape index (κ3) is 5.53. The maximum atomic E-state index is 13.7. The van der Waals surface area contributed by atoms with Crippen LogP contribution in [0.4, 0.5) is 14.5 Å². The lowest BCUT2D eigenvalue weighted by Gasteiger charge is -2.13. The molecule has 0 fully saturated rings. The number of amides is 1. The average Bonchev–Trinajstić information content (AvgIpc) is 2.58. The minimum atomic E-state index is -0.605. The molecule has 2 aromatic carbocycles. The Labute approximate surface area is 146 Å². The molecule has 0 aliphatic carbocycles. The van der Waals surface area contributed by atoms with Gasteiger partial charge in [0.25, 0.3) is 5.91 Å². The summed E-state index contributed by atoms with van der Waals surface area (Å²) in [5.74, 6) is -1.33. The van der Waals surface area contributed by atoms with E-state index in [0.29, 0.717) is 12.1 Å². The molecule has 4 nitrogen and oxygen atoms in total. The van der Waals surface area contributed by atoms with E-state index in [1.807, 2.05) is 43.3 Å². The number of anilines is 1. The Morgan fingerprint density at radius 1 is 1.16 bits per heavy atom. The first-order valence-corrected chi connectivity index (χ1v) is 8.18. The van der Waals surface area contributed by atoms with Gasteiger partial charge in [0.2, 0.25) is 0 Å². The lowest BCUT2D eigenvalue weighted by molar-refractivity contribution is -0.682. The van der Waals surface area contributed by atoms with Gasteiger partial charge in [-0.15, -0.1) is 0 Å². The molecule has 0 unspecified atom stereocenters. The van der Waals surface area contributed by atoms with E-state index in [0.717, 1.165) is 17.3 Å². The number of hydrogen-bond acceptors (Lipinski definition) is 2. The topological polar surface area (TPSA) is 49.0 Å². The van der Waals surface area contributed by atoms with Crippen LogP contribution in [0.5, 0.6) is 0 Å². The fourth-order valence-corrected chi connectivity index (χ4v) is 2.47. The van der Waals surface area contributed by atoms with E-state index in [2.05, 4.69) is 5.32 Å². The highest BCUT2D eigenvalue weighted by molar-refractivity contribution is 5.76. The molecule has 0 aliphatic rings. The molecule has 3 N–H and O–H groups in total. The quantitative estimate of drug-likeness (QED) is 0.804. The summed E-state index contributed by atoms with van der Waals surface area (Å²) in [6.45, 7) is 2.40. The average molecular weight is 348 g/mol. The van der Waals surface area contributed by atoms with E-state index < -0.39 is 11.6 Å².